The fourth-order valence-electron chi connectivity index (χ4n) is 0. The molecule has 0 rings (SSSR count). The van der Waals surface area contributed by atoms with E-state index in [9.17, 15) is 0 Å². The van der Waals surface area contributed by atoms with Crippen LogP contribution in [0.2, 0.25) is 0 Å². The highest BCUT2D eigenvalue weighted by atomic mass is 32.8. The van der Waals surface area contributed by atoms with E-state index in [-0.39, 0.29) is 9.45 Å². The molecule has 0 aliphatic rings. The molecule has 0 aromatic carbocycles. The fraction of sp³-hybridized carbons (Fsp3) is 1.00. The summed E-state index contributed by atoms with van der Waals surface area (Å²) in [5, 5.41) is 0. The third-order valence-corrected chi connectivity index (χ3v) is 4.09. The number of hydrogen-bond donors (Lipinski definition) is 0. The molecule has 0 fully saturated rings. The number of rotatable bonds is 0. The Hall–Kier alpha value is 0.570. The maximum atomic E-state index is 5.04. The van der Waals surface area contributed by atoms with E-state index in [1.807, 2.05) is 0 Å². The van der Waals surface area contributed by atoms with Crippen LogP contribution in [0.15, 0.2) is 0 Å². The van der Waals surface area contributed by atoms with Gasteiger partial charge in [0.15, 0.2) is 0 Å². The highest BCUT2D eigenvalue weighted by Crippen LogP contribution is 2.07. The van der Waals surface area contributed by atoms with E-state index in [4.69, 9.17) is 11.2 Å². The zero-order chi connectivity index (χ0) is 6.08. The molecular weight excluding hydrogens is 124 g/mol. The smallest absolute Gasteiger partial charge is 0.0119 e. The van der Waals surface area contributed by atoms with Gasteiger partial charge < -0.3 is 0 Å². The average Bonchev–Trinajstić information content (AvgIpc) is 1.31. The van der Waals surface area contributed by atoms with E-state index >= 15 is 0 Å². The van der Waals surface area contributed by atoms with Gasteiger partial charge in [-0.2, -0.15) is 0 Å². The SMILES string of the molecule is CS(=S)C(C)(C)C. The van der Waals surface area contributed by atoms with Crippen molar-refractivity contribution in [3.63, 3.8) is 0 Å². The van der Waals surface area contributed by atoms with Crippen LogP contribution in [0, 0.1) is 0 Å². The van der Waals surface area contributed by atoms with Crippen molar-refractivity contribution in [2.75, 3.05) is 6.26 Å². The molecule has 7 heavy (non-hydrogen) atoms. The van der Waals surface area contributed by atoms with E-state index < -0.39 is 0 Å². The summed E-state index contributed by atoms with van der Waals surface area (Å²) in [6.45, 7) is 6.51. The summed E-state index contributed by atoms with van der Waals surface area (Å²) >= 11 is 5.04. The zero-order valence-electron chi connectivity index (χ0n) is 5.32. The van der Waals surface area contributed by atoms with Gasteiger partial charge in [-0.15, -0.1) is 9.45 Å². The average molecular weight is 136 g/mol. The molecular formula is C5H12S2. The first kappa shape index (κ1) is 7.57. The van der Waals surface area contributed by atoms with Crippen LogP contribution < -0.4 is 0 Å². The maximum absolute atomic E-state index is 5.04. The first-order chi connectivity index (χ1) is 2.94. The maximum Gasteiger partial charge on any atom is 0.0119 e. The molecule has 0 saturated carbocycles. The molecule has 0 N–H and O–H groups in total. The molecule has 44 valence electrons. The lowest BCUT2D eigenvalue weighted by atomic mass is 10.3. The van der Waals surface area contributed by atoms with Gasteiger partial charge >= 0.3 is 0 Å². The van der Waals surface area contributed by atoms with Crippen molar-refractivity contribution in [2.45, 2.75) is 25.5 Å². The number of hydrogen-bond acceptors (Lipinski definition) is 1. The van der Waals surface area contributed by atoms with Crippen molar-refractivity contribution in [2.24, 2.45) is 0 Å². The van der Waals surface area contributed by atoms with Gasteiger partial charge in [-0.25, -0.2) is 0 Å². The van der Waals surface area contributed by atoms with Crippen molar-refractivity contribution in [1.29, 1.82) is 0 Å². The molecule has 0 heterocycles. The highest BCUT2D eigenvalue weighted by molar-refractivity contribution is 8.29. The normalized spacial score (nSPS) is 16.6. The van der Waals surface area contributed by atoms with Gasteiger partial charge in [0.05, 0.1) is 0 Å². The lowest BCUT2D eigenvalue weighted by Crippen LogP contribution is -2.18. The van der Waals surface area contributed by atoms with Crippen molar-refractivity contribution < 1.29 is 0 Å². The lowest BCUT2D eigenvalue weighted by Gasteiger charge is -2.16. The second kappa shape index (κ2) is 2.23. The summed E-state index contributed by atoms with van der Waals surface area (Å²) < 4.78 is 0.343. The third kappa shape index (κ3) is 3.18. The van der Waals surface area contributed by atoms with Crippen LogP contribution in [0.5, 0.6) is 0 Å². The van der Waals surface area contributed by atoms with Gasteiger partial charge in [0, 0.05) is 4.75 Å². The zero-order valence-corrected chi connectivity index (χ0v) is 6.95. The summed E-state index contributed by atoms with van der Waals surface area (Å²) in [5.74, 6) is 0. The quantitative estimate of drug-likeness (QED) is 0.486. The summed E-state index contributed by atoms with van der Waals surface area (Å²) in [7, 11) is 0.150. The molecule has 1 unspecified atom stereocenters. The molecule has 2 heteroatoms. The molecule has 0 aliphatic carbocycles. The molecule has 0 saturated heterocycles. The minimum absolute atomic E-state index is 0.150. The molecule has 0 aromatic rings. The van der Waals surface area contributed by atoms with Gasteiger partial charge in [-0.05, 0) is 6.26 Å². The Balaban J connectivity index is 3.79. The van der Waals surface area contributed by atoms with Crippen molar-refractivity contribution in [3.8, 4) is 0 Å². The largest absolute Gasteiger partial charge is 0.119 e. The summed E-state index contributed by atoms with van der Waals surface area (Å²) in [4.78, 5) is 0. The molecule has 0 aliphatic heterocycles. The Kier molecular flexibility index (Phi) is 2.41. The standard InChI is InChI=1S/C5H12S2/c1-5(2,3)7(4)6/h1-4H3. The van der Waals surface area contributed by atoms with Crippen LogP contribution in [-0.4, -0.2) is 11.0 Å². The van der Waals surface area contributed by atoms with Crippen LogP contribution in [0.4, 0.5) is 0 Å². The van der Waals surface area contributed by atoms with Crippen LogP contribution >= 0.6 is 0 Å². The predicted octanol–water partition coefficient (Wildman–Crippen LogP) is 1.49. The molecule has 0 amide bonds. The Morgan fingerprint density at radius 2 is 1.43 bits per heavy atom. The summed E-state index contributed by atoms with van der Waals surface area (Å²) in [6, 6.07) is 0. The first-order valence-corrected chi connectivity index (χ1v) is 4.84. The van der Waals surface area contributed by atoms with E-state index in [2.05, 4.69) is 27.0 Å². The van der Waals surface area contributed by atoms with Crippen LogP contribution in [0.1, 0.15) is 20.8 Å². The molecule has 0 radical (unpaired) electrons. The van der Waals surface area contributed by atoms with E-state index in [1.54, 1.807) is 0 Å². The van der Waals surface area contributed by atoms with Crippen LogP contribution in [0.3, 0.4) is 0 Å². The van der Waals surface area contributed by atoms with Crippen molar-refractivity contribution >= 4 is 20.6 Å². The molecule has 0 spiro atoms. The second-order valence-electron chi connectivity index (χ2n) is 2.57. The summed E-state index contributed by atoms with van der Waals surface area (Å²) in [5.41, 5.74) is 0. The van der Waals surface area contributed by atoms with Crippen molar-refractivity contribution in [3.05, 3.63) is 0 Å². The molecule has 0 aromatic heterocycles. The van der Waals surface area contributed by atoms with Crippen LogP contribution in [-0.2, 0) is 20.6 Å². The van der Waals surface area contributed by atoms with E-state index in [0.29, 0.717) is 4.75 Å². The highest BCUT2D eigenvalue weighted by Gasteiger charge is 2.09. The third-order valence-electron chi connectivity index (χ3n) is 0.862. The summed E-state index contributed by atoms with van der Waals surface area (Å²) in [6.07, 6.45) is 2.09. The fourth-order valence-corrected chi connectivity index (χ4v) is 0. The minimum Gasteiger partial charge on any atom is -0.119 e. The topological polar surface area (TPSA) is 0 Å². The minimum atomic E-state index is 0.150. The predicted molar refractivity (Wildman–Crippen MR) is 40.4 cm³/mol. The van der Waals surface area contributed by atoms with Gasteiger partial charge in [-0.1, -0.05) is 32.0 Å². The van der Waals surface area contributed by atoms with E-state index in [0.717, 1.165) is 0 Å². The van der Waals surface area contributed by atoms with Crippen LogP contribution in [0.25, 0.3) is 0 Å². The Labute approximate surface area is 52.9 Å². The molecule has 1 atom stereocenters. The lowest BCUT2D eigenvalue weighted by molar-refractivity contribution is 0.802. The van der Waals surface area contributed by atoms with Gasteiger partial charge in [0.1, 0.15) is 0 Å². The Bertz CT molecular complexity index is 78.6. The Morgan fingerprint density at radius 1 is 1.29 bits per heavy atom. The molecule has 0 nitrogen and oxygen atoms in total. The van der Waals surface area contributed by atoms with Crippen molar-refractivity contribution in [1.82, 2.24) is 0 Å². The molecule has 0 bridgehead atoms. The monoisotopic (exact) mass is 136 g/mol. The first-order valence-electron chi connectivity index (χ1n) is 2.28. The van der Waals surface area contributed by atoms with Gasteiger partial charge in [-0.3, -0.25) is 0 Å². The Morgan fingerprint density at radius 3 is 1.43 bits per heavy atom. The second-order valence-corrected chi connectivity index (χ2v) is 6.20. The van der Waals surface area contributed by atoms with Gasteiger partial charge in [0.25, 0.3) is 0 Å². The van der Waals surface area contributed by atoms with Gasteiger partial charge in [0.2, 0.25) is 0 Å². The van der Waals surface area contributed by atoms with E-state index in [1.165, 1.54) is 0 Å².